The van der Waals surface area contributed by atoms with E-state index in [0.717, 1.165) is 18.4 Å². The zero-order chi connectivity index (χ0) is 17.9. The van der Waals surface area contributed by atoms with Crippen LogP contribution in [0.25, 0.3) is 0 Å². The normalized spacial score (nSPS) is 14.5. The van der Waals surface area contributed by atoms with E-state index in [1.165, 1.54) is 4.31 Å². The van der Waals surface area contributed by atoms with E-state index < -0.39 is 10.0 Å². The van der Waals surface area contributed by atoms with E-state index in [9.17, 15) is 13.2 Å². The van der Waals surface area contributed by atoms with E-state index in [-0.39, 0.29) is 17.3 Å². The number of carbonyl (C=O) groups excluding carboxylic acids is 1. The number of para-hydroxylation sites is 1. The molecule has 1 aliphatic heterocycles. The van der Waals surface area contributed by atoms with Crippen LogP contribution in [0.1, 0.15) is 18.4 Å². The summed E-state index contributed by atoms with van der Waals surface area (Å²) in [7, 11) is -3.82. The molecule has 1 saturated heterocycles. The summed E-state index contributed by atoms with van der Waals surface area (Å²) in [5, 5.41) is 0. The summed E-state index contributed by atoms with van der Waals surface area (Å²) in [6.45, 7) is 3.07. The quantitative estimate of drug-likeness (QED) is 0.826. The maximum Gasteiger partial charge on any atom is 0.264 e. The van der Waals surface area contributed by atoms with Crippen LogP contribution in [0.3, 0.4) is 0 Å². The summed E-state index contributed by atoms with van der Waals surface area (Å²) >= 11 is 0. The standard InChI is InChI=1S/C19H22N2O3S/c1-16-8-7-11-18(14-16)25(23,24)21(17-9-3-2-4-10-17)15-19(22)20-12-5-6-13-20/h2-4,7-11,14H,5-6,12-13,15H2,1H3. The van der Waals surface area contributed by atoms with E-state index in [0.29, 0.717) is 18.8 Å². The monoisotopic (exact) mass is 358 g/mol. The molecule has 0 unspecified atom stereocenters. The molecule has 25 heavy (non-hydrogen) atoms. The summed E-state index contributed by atoms with van der Waals surface area (Å²) < 4.78 is 27.6. The Labute approximate surface area is 148 Å². The molecular formula is C19H22N2O3S. The van der Waals surface area contributed by atoms with Crippen LogP contribution in [0, 0.1) is 6.92 Å². The highest BCUT2D eigenvalue weighted by molar-refractivity contribution is 7.92. The summed E-state index contributed by atoms with van der Waals surface area (Å²) in [5.41, 5.74) is 1.36. The number of sulfonamides is 1. The van der Waals surface area contributed by atoms with Gasteiger partial charge in [0.2, 0.25) is 5.91 Å². The Hall–Kier alpha value is -2.34. The molecule has 0 radical (unpaired) electrons. The lowest BCUT2D eigenvalue weighted by Crippen LogP contribution is -2.42. The lowest BCUT2D eigenvalue weighted by Gasteiger charge is -2.26. The SMILES string of the molecule is Cc1cccc(S(=O)(=O)N(CC(=O)N2CCCC2)c2ccccc2)c1. The van der Waals surface area contributed by atoms with E-state index >= 15 is 0 Å². The molecule has 0 aliphatic carbocycles. The Balaban J connectivity index is 1.97. The molecule has 0 bridgehead atoms. The fourth-order valence-corrected chi connectivity index (χ4v) is 4.52. The number of rotatable bonds is 5. The number of hydrogen-bond donors (Lipinski definition) is 0. The summed E-state index contributed by atoms with van der Waals surface area (Å²) in [4.78, 5) is 14.5. The molecule has 0 aromatic heterocycles. The minimum Gasteiger partial charge on any atom is -0.341 e. The Morgan fingerprint density at radius 1 is 1.04 bits per heavy atom. The van der Waals surface area contributed by atoms with Crippen LogP contribution in [-0.2, 0) is 14.8 Å². The second-order valence-electron chi connectivity index (χ2n) is 6.25. The van der Waals surface area contributed by atoms with Crippen molar-refractivity contribution in [2.24, 2.45) is 0 Å². The van der Waals surface area contributed by atoms with Gasteiger partial charge in [-0.1, -0.05) is 30.3 Å². The minimum absolute atomic E-state index is 0.155. The lowest BCUT2D eigenvalue weighted by molar-refractivity contribution is -0.128. The Kier molecular flexibility index (Phi) is 5.08. The maximum absolute atomic E-state index is 13.2. The molecule has 0 saturated carbocycles. The van der Waals surface area contributed by atoms with Gasteiger partial charge in [-0.25, -0.2) is 8.42 Å². The van der Waals surface area contributed by atoms with Crippen LogP contribution in [0.5, 0.6) is 0 Å². The molecule has 5 nitrogen and oxygen atoms in total. The molecule has 3 rings (SSSR count). The van der Waals surface area contributed by atoms with Gasteiger partial charge in [-0.2, -0.15) is 0 Å². The van der Waals surface area contributed by atoms with Gasteiger partial charge in [-0.3, -0.25) is 9.10 Å². The molecule has 1 aliphatic rings. The number of carbonyl (C=O) groups is 1. The van der Waals surface area contributed by atoms with Crippen LogP contribution in [0.15, 0.2) is 59.5 Å². The van der Waals surface area contributed by atoms with Gasteiger partial charge in [-0.05, 0) is 49.6 Å². The van der Waals surface area contributed by atoms with Crippen molar-refractivity contribution in [1.29, 1.82) is 0 Å². The van der Waals surface area contributed by atoms with Gasteiger partial charge in [0.25, 0.3) is 10.0 Å². The molecule has 1 fully saturated rings. The maximum atomic E-state index is 13.2. The van der Waals surface area contributed by atoms with Crippen LogP contribution >= 0.6 is 0 Å². The molecule has 0 N–H and O–H groups in total. The van der Waals surface area contributed by atoms with Gasteiger partial charge >= 0.3 is 0 Å². The number of benzene rings is 2. The first-order chi connectivity index (χ1) is 12.0. The van der Waals surface area contributed by atoms with E-state index in [2.05, 4.69) is 0 Å². The summed E-state index contributed by atoms with van der Waals surface area (Å²) in [6, 6.07) is 15.6. The summed E-state index contributed by atoms with van der Waals surface area (Å²) in [6.07, 6.45) is 1.95. The first kappa shape index (κ1) is 17.5. The molecular weight excluding hydrogens is 336 g/mol. The van der Waals surface area contributed by atoms with E-state index in [1.54, 1.807) is 47.4 Å². The number of aryl methyl sites for hydroxylation is 1. The van der Waals surface area contributed by atoms with E-state index in [4.69, 9.17) is 0 Å². The van der Waals surface area contributed by atoms with Crippen molar-refractivity contribution in [3.8, 4) is 0 Å². The number of anilines is 1. The zero-order valence-electron chi connectivity index (χ0n) is 14.3. The highest BCUT2D eigenvalue weighted by Gasteiger charge is 2.29. The first-order valence-electron chi connectivity index (χ1n) is 8.41. The molecule has 1 heterocycles. The van der Waals surface area contributed by atoms with Crippen LogP contribution in [0.4, 0.5) is 5.69 Å². The lowest BCUT2D eigenvalue weighted by atomic mass is 10.2. The number of hydrogen-bond acceptors (Lipinski definition) is 3. The topological polar surface area (TPSA) is 57.7 Å². The first-order valence-corrected chi connectivity index (χ1v) is 9.85. The van der Waals surface area contributed by atoms with Crippen LogP contribution in [0.2, 0.25) is 0 Å². The molecule has 1 amide bonds. The Morgan fingerprint density at radius 3 is 2.36 bits per heavy atom. The average molecular weight is 358 g/mol. The van der Waals surface area contributed by atoms with Crippen molar-refractivity contribution in [2.45, 2.75) is 24.7 Å². The molecule has 0 atom stereocenters. The fourth-order valence-electron chi connectivity index (χ4n) is 3.00. The molecule has 2 aromatic rings. The second-order valence-corrected chi connectivity index (χ2v) is 8.11. The predicted octanol–water partition coefficient (Wildman–Crippen LogP) is 2.81. The van der Waals surface area contributed by atoms with Crippen molar-refractivity contribution in [1.82, 2.24) is 4.90 Å². The van der Waals surface area contributed by atoms with Crippen molar-refractivity contribution >= 4 is 21.6 Å². The molecule has 0 spiro atoms. The number of nitrogens with zero attached hydrogens (tertiary/aromatic N) is 2. The Morgan fingerprint density at radius 2 is 1.72 bits per heavy atom. The smallest absolute Gasteiger partial charge is 0.264 e. The number of amides is 1. The minimum atomic E-state index is -3.82. The van der Waals surface area contributed by atoms with Crippen molar-refractivity contribution in [2.75, 3.05) is 23.9 Å². The van der Waals surface area contributed by atoms with Gasteiger partial charge in [0.1, 0.15) is 6.54 Å². The third kappa shape index (κ3) is 3.85. The molecule has 132 valence electrons. The largest absolute Gasteiger partial charge is 0.341 e. The Bertz CT molecular complexity index is 844. The third-order valence-electron chi connectivity index (χ3n) is 4.36. The van der Waals surface area contributed by atoms with Gasteiger partial charge in [0, 0.05) is 13.1 Å². The van der Waals surface area contributed by atoms with Crippen molar-refractivity contribution < 1.29 is 13.2 Å². The molecule has 2 aromatic carbocycles. The van der Waals surface area contributed by atoms with E-state index in [1.807, 2.05) is 19.1 Å². The predicted molar refractivity (Wildman–Crippen MR) is 98.0 cm³/mol. The molecule has 6 heteroatoms. The zero-order valence-corrected chi connectivity index (χ0v) is 15.1. The van der Waals surface area contributed by atoms with Crippen molar-refractivity contribution in [3.63, 3.8) is 0 Å². The van der Waals surface area contributed by atoms with Gasteiger partial charge in [-0.15, -0.1) is 0 Å². The van der Waals surface area contributed by atoms with Gasteiger partial charge in [0.15, 0.2) is 0 Å². The van der Waals surface area contributed by atoms with Crippen molar-refractivity contribution in [3.05, 3.63) is 60.2 Å². The van der Waals surface area contributed by atoms with Gasteiger partial charge < -0.3 is 4.90 Å². The van der Waals surface area contributed by atoms with Crippen LogP contribution in [-0.4, -0.2) is 38.9 Å². The highest BCUT2D eigenvalue weighted by atomic mass is 32.2. The fraction of sp³-hybridized carbons (Fsp3) is 0.316. The second kappa shape index (κ2) is 7.27. The van der Waals surface area contributed by atoms with Crippen LogP contribution < -0.4 is 4.31 Å². The van der Waals surface area contributed by atoms with Gasteiger partial charge in [0.05, 0.1) is 10.6 Å². The third-order valence-corrected chi connectivity index (χ3v) is 6.13. The highest BCUT2D eigenvalue weighted by Crippen LogP contribution is 2.24. The number of likely N-dealkylation sites (tertiary alicyclic amines) is 1. The average Bonchev–Trinajstić information content (AvgIpc) is 3.15. The summed E-state index contributed by atoms with van der Waals surface area (Å²) in [5.74, 6) is -0.155.